The molecule has 1 aliphatic carbocycles. The maximum absolute atomic E-state index is 13.1. The second-order valence-corrected chi connectivity index (χ2v) is 7.10. The summed E-state index contributed by atoms with van der Waals surface area (Å²) < 4.78 is 0. The Morgan fingerprint density at radius 1 is 1.21 bits per heavy atom. The molecule has 0 aromatic heterocycles. The number of piperidine rings is 1. The van der Waals surface area contributed by atoms with E-state index < -0.39 is 5.41 Å². The van der Waals surface area contributed by atoms with Gasteiger partial charge in [0.25, 0.3) is 0 Å². The van der Waals surface area contributed by atoms with Crippen LogP contribution in [0.15, 0.2) is 24.3 Å². The van der Waals surface area contributed by atoms with Crippen molar-refractivity contribution in [3.05, 3.63) is 29.8 Å². The van der Waals surface area contributed by atoms with Gasteiger partial charge < -0.3 is 10.2 Å². The molecule has 24 heavy (non-hydrogen) atoms. The van der Waals surface area contributed by atoms with E-state index in [-0.39, 0.29) is 11.8 Å². The van der Waals surface area contributed by atoms with E-state index in [1.165, 1.54) is 6.42 Å². The van der Waals surface area contributed by atoms with E-state index in [1.54, 1.807) is 0 Å². The summed E-state index contributed by atoms with van der Waals surface area (Å²) in [7, 11) is 0. The Morgan fingerprint density at radius 2 is 1.96 bits per heavy atom. The number of aryl methyl sites for hydroxylation is 1. The lowest BCUT2D eigenvalue weighted by molar-refractivity contribution is -0.145. The van der Waals surface area contributed by atoms with Crippen LogP contribution in [0, 0.1) is 5.41 Å². The summed E-state index contributed by atoms with van der Waals surface area (Å²) >= 11 is 0. The van der Waals surface area contributed by atoms with Crippen molar-refractivity contribution in [2.24, 2.45) is 5.41 Å². The number of anilines is 1. The van der Waals surface area contributed by atoms with Crippen LogP contribution >= 0.6 is 0 Å². The number of carbonyl (C=O) groups excluding carboxylic acids is 2. The summed E-state index contributed by atoms with van der Waals surface area (Å²) in [4.78, 5) is 28.0. The predicted octanol–water partition coefficient (Wildman–Crippen LogP) is 3.76. The third-order valence-electron chi connectivity index (χ3n) is 5.60. The molecule has 2 fully saturated rings. The Morgan fingerprint density at radius 3 is 2.62 bits per heavy atom. The first-order chi connectivity index (χ1) is 11.6. The Labute approximate surface area is 144 Å². The molecule has 4 nitrogen and oxygen atoms in total. The third-order valence-corrected chi connectivity index (χ3v) is 5.60. The summed E-state index contributed by atoms with van der Waals surface area (Å²) in [6.07, 6.45) is 6.50. The number of nitrogens with zero attached hydrogens (tertiary/aromatic N) is 1. The first-order valence-corrected chi connectivity index (χ1v) is 9.33. The van der Waals surface area contributed by atoms with E-state index in [0.717, 1.165) is 43.5 Å². The van der Waals surface area contributed by atoms with Crippen LogP contribution in [0.5, 0.6) is 0 Å². The normalized spacial score (nSPS) is 22.1. The first kappa shape index (κ1) is 17.0. The fourth-order valence-corrected chi connectivity index (χ4v) is 3.82. The van der Waals surface area contributed by atoms with Crippen LogP contribution < -0.4 is 5.32 Å². The van der Waals surface area contributed by atoms with Gasteiger partial charge in [0.1, 0.15) is 5.41 Å². The Balaban J connectivity index is 1.75. The van der Waals surface area contributed by atoms with Gasteiger partial charge in [-0.25, -0.2) is 0 Å². The van der Waals surface area contributed by atoms with Crippen LogP contribution in [0.2, 0.25) is 0 Å². The Hall–Kier alpha value is -1.84. The number of benzene rings is 1. The molecular formula is C20H28N2O2. The van der Waals surface area contributed by atoms with Crippen molar-refractivity contribution in [2.75, 3.05) is 11.9 Å². The molecule has 0 spiro atoms. The summed E-state index contributed by atoms with van der Waals surface area (Å²) in [5.41, 5.74) is 1.14. The highest BCUT2D eigenvalue weighted by Gasteiger charge is 2.58. The van der Waals surface area contributed by atoms with Crippen LogP contribution in [0.1, 0.15) is 57.9 Å². The number of para-hydroxylation sites is 1. The maximum atomic E-state index is 13.1. The Kier molecular flexibility index (Phi) is 4.93. The zero-order chi connectivity index (χ0) is 17.2. The molecule has 2 aliphatic rings. The molecule has 1 heterocycles. The predicted molar refractivity (Wildman–Crippen MR) is 95.8 cm³/mol. The van der Waals surface area contributed by atoms with E-state index in [0.29, 0.717) is 18.9 Å². The summed E-state index contributed by atoms with van der Waals surface area (Å²) in [5.74, 6) is -0.0608. The number of hydrogen-bond acceptors (Lipinski definition) is 2. The molecule has 2 amide bonds. The average molecular weight is 328 g/mol. The second-order valence-electron chi connectivity index (χ2n) is 7.10. The van der Waals surface area contributed by atoms with Gasteiger partial charge in [0.05, 0.1) is 0 Å². The fraction of sp³-hybridized carbons (Fsp3) is 0.600. The lowest BCUT2D eigenvalue weighted by Crippen LogP contribution is -2.49. The topological polar surface area (TPSA) is 49.4 Å². The van der Waals surface area contributed by atoms with Crippen LogP contribution in [-0.4, -0.2) is 29.3 Å². The number of carbonyl (C=O) groups is 2. The summed E-state index contributed by atoms with van der Waals surface area (Å²) in [5, 5.41) is 3.03. The fourth-order valence-electron chi connectivity index (χ4n) is 3.82. The van der Waals surface area contributed by atoms with Gasteiger partial charge in [-0.2, -0.15) is 0 Å². The molecule has 0 bridgehead atoms. The molecule has 1 atom stereocenters. The van der Waals surface area contributed by atoms with E-state index in [9.17, 15) is 9.59 Å². The van der Waals surface area contributed by atoms with Crippen LogP contribution in [0.4, 0.5) is 5.69 Å². The molecule has 4 heteroatoms. The van der Waals surface area contributed by atoms with Gasteiger partial charge >= 0.3 is 0 Å². The molecule has 1 aromatic carbocycles. The van der Waals surface area contributed by atoms with Gasteiger partial charge in [-0.05, 0) is 56.6 Å². The van der Waals surface area contributed by atoms with Crippen molar-refractivity contribution in [1.29, 1.82) is 0 Å². The number of rotatable bonds is 5. The molecule has 130 valence electrons. The van der Waals surface area contributed by atoms with Gasteiger partial charge in [0, 0.05) is 18.3 Å². The monoisotopic (exact) mass is 328 g/mol. The minimum absolute atomic E-state index is 0.0560. The zero-order valence-corrected chi connectivity index (χ0v) is 14.8. The van der Waals surface area contributed by atoms with Crippen LogP contribution in [0.25, 0.3) is 0 Å². The highest BCUT2D eigenvalue weighted by molar-refractivity contribution is 6.13. The minimum atomic E-state index is -0.814. The van der Waals surface area contributed by atoms with E-state index >= 15 is 0 Å². The van der Waals surface area contributed by atoms with Crippen molar-refractivity contribution >= 4 is 17.5 Å². The highest BCUT2D eigenvalue weighted by atomic mass is 16.2. The van der Waals surface area contributed by atoms with E-state index in [1.807, 2.05) is 29.2 Å². The van der Waals surface area contributed by atoms with Crippen molar-refractivity contribution in [3.8, 4) is 0 Å². The van der Waals surface area contributed by atoms with Gasteiger partial charge in [0.2, 0.25) is 11.8 Å². The van der Waals surface area contributed by atoms with Crippen molar-refractivity contribution in [3.63, 3.8) is 0 Å². The number of likely N-dealkylation sites (tertiary alicyclic amines) is 1. The molecule has 1 aliphatic heterocycles. The molecule has 1 saturated heterocycles. The van der Waals surface area contributed by atoms with Crippen molar-refractivity contribution < 1.29 is 9.59 Å². The molecular weight excluding hydrogens is 300 g/mol. The molecule has 1 N–H and O–H groups in total. The van der Waals surface area contributed by atoms with E-state index in [4.69, 9.17) is 0 Å². The largest absolute Gasteiger partial charge is 0.339 e. The van der Waals surface area contributed by atoms with Crippen LogP contribution in [0.3, 0.4) is 0 Å². The lowest BCUT2D eigenvalue weighted by Gasteiger charge is -2.37. The SMILES string of the molecule is CCc1ccccc1NC(=O)C1(C(=O)N2CCCCC2CC)CC1. The summed E-state index contributed by atoms with van der Waals surface area (Å²) in [6, 6.07) is 8.15. The van der Waals surface area contributed by atoms with E-state index in [2.05, 4.69) is 19.2 Å². The smallest absolute Gasteiger partial charge is 0.240 e. The molecule has 1 aromatic rings. The number of amides is 2. The van der Waals surface area contributed by atoms with Crippen LogP contribution in [-0.2, 0) is 16.0 Å². The lowest BCUT2D eigenvalue weighted by atomic mass is 9.95. The minimum Gasteiger partial charge on any atom is -0.339 e. The third kappa shape index (κ3) is 3.06. The first-order valence-electron chi connectivity index (χ1n) is 9.33. The maximum Gasteiger partial charge on any atom is 0.240 e. The number of hydrogen-bond donors (Lipinski definition) is 1. The average Bonchev–Trinajstić information content (AvgIpc) is 3.43. The van der Waals surface area contributed by atoms with Crippen molar-refractivity contribution in [1.82, 2.24) is 4.90 Å². The Bertz CT molecular complexity index is 622. The standard InChI is InChI=1S/C20H28N2O2/c1-3-15-9-5-6-11-17(15)21-18(23)20(12-13-20)19(24)22-14-8-7-10-16(22)4-2/h5-6,9,11,16H,3-4,7-8,10,12-14H2,1-2H3,(H,21,23). The number of nitrogens with one attached hydrogen (secondary N) is 1. The van der Waals surface area contributed by atoms with Gasteiger partial charge in [0.15, 0.2) is 0 Å². The quantitative estimate of drug-likeness (QED) is 0.837. The van der Waals surface area contributed by atoms with Gasteiger partial charge in [-0.15, -0.1) is 0 Å². The summed E-state index contributed by atoms with van der Waals surface area (Å²) in [6.45, 7) is 5.01. The highest BCUT2D eigenvalue weighted by Crippen LogP contribution is 2.49. The zero-order valence-electron chi connectivity index (χ0n) is 14.8. The van der Waals surface area contributed by atoms with Gasteiger partial charge in [-0.3, -0.25) is 9.59 Å². The molecule has 3 rings (SSSR count). The second kappa shape index (κ2) is 6.96. The molecule has 1 saturated carbocycles. The molecule has 0 radical (unpaired) electrons. The van der Waals surface area contributed by atoms with Crippen molar-refractivity contribution in [2.45, 2.75) is 64.8 Å². The van der Waals surface area contributed by atoms with Gasteiger partial charge in [-0.1, -0.05) is 32.0 Å². The molecule has 1 unspecified atom stereocenters.